The number of piperidine rings is 1. The molecule has 0 aliphatic carbocycles. The second kappa shape index (κ2) is 10.9. The highest BCUT2D eigenvalue weighted by atomic mass is 79.9. The third-order valence-electron chi connectivity index (χ3n) is 7.50. The predicted molar refractivity (Wildman–Crippen MR) is 160 cm³/mol. The van der Waals surface area contributed by atoms with Crippen molar-refractivity contribution in [2.75, 3.05) is 20.1 Å². The highest BCUT2D eigenvalue weighted by Crippen LogP contribution is 2.39. The van der Waals surface area contributed by atoms with Crippen molar-refractivity contribution in [1.29, 1.82) is 0 Å². The van der Waals surface area contributed by atoms with Crippen molar-refractivity contribution in [3.8, 4) is 11.8 Å². The van der Waals surface area contributed by atoms with Crippen LogP contribution in [0.15, 0.2) is 51.2 Å². The van der Waals surface area contributed by atoms with Gasteiger partial charge in [0.15, 0.2) is 12.1 Å². The Kier molecular flexibility index (Phi) is 7.51. The molecule has 6 rings (SSSR count). The van der Waals surface area contributed by atoms with Crippen molar-refractivity contribution >= 4 is 79.1 Å². The first-order valence-corrected chi connectivity index (χ1v) is 15.0. The summed E-state index contributed by atoms with van der Waals surface area (Å²) in [6, 6.07) is 8.87. The molecule has 0 amide bonds. The number of nitrogens with zero attached hydrogens (tertiary/aromatic N) is 7. The molecule has 3 aromatic heterocycles. The summed E-state index contributed by atoms with van der Waals surface area (Å²) in [5, 5.41) is 21.6. The van der Waals surface area contributed by atoms with E-state index in [0.29, 0.717) is 48.6 Å². The fourth-order valence-electron chi connectivity index (χ4n) is 5.25. The molecule has 1 saturated heterocycles. The van der Waals surface area contributed by atoms with Crippen molar-refractivity contribution in [2.45, 2.75) is 36.0 Å². The number of carbonyl (C=O) groups is 1. The Bertz CT molecular complexity index is 1770. The lowest BCUT2D eigenvalue weighted by Crippen LogP contribution is -2.33. The number of aromatic nitrogens is 6. The Morgan fingerprint density at radius 2 is 1.80 bits per heavy atom. The summed E-state index contributed by atoms with van der Waals surface area (Å²) in [6.45, 7) is 4.09. The Hall–Kier alpha value is -2.70. The van der Waals surface area contributed by atoms with Crippen LogP contribution in [0.3, 0.4) is 0 Å². The molecule has 1 fully saturated rings. The molecule has 0 saturated carbocycles. The minimum absolute atomic E-state index is 0.0265. The van der Waals surface area contributed by atoms with Gasteiger partial charge in [-0.05, 0) is 81.8 Å². The zero-order valence-corrected chi connectivity index (χ0v) is 25.5. The predicted octanol–water partition coefficient (Wildman–Crippen LogP) is 6.81. The second-order valence-corrected chi connectivity index (χ2v) is 12.7. The third kappa shape index (κ3) is 4.98. The highest BCUT2D eigenvalue weighted by Gasteiger charge is 2.29. The molecule has 1 aliphatic rings. The monoisotopic (exact) mass is 659 g/mol. The maximum absolute atomic E-state index is 12.0. The van der Waals surface area contributed by atoms with Gasteiger partial charge in [-0.3, -0.25) is 13.9 Å². The molecule has 9 nitrogen and oxygen atoms in total. The zero-order chi connectivity index (χ0) is 28.1. The van der Waals surface area contributed by atoms with E-state index in [4.69, 9.17) is 33.2 Å². The average Bonchev–Trinajstić information content (AvgIpc) is 3.48. The van der Waals surface area contributed by atoms with Crippen LogP contribution in [0.1, 0.15) is 36.2 Å². The molecule has 0 spiro atoms. The van der Waals surface area contributed by atoms with Gasteiger partial charge in [-0.1, -0.05) is 50.3 Å². The number of benzene rings is 2. The maximum Gasteiger partial charge on any atom is 0.315 e. The van der Waals surface area contributed by atoms with Crippen LogP contribution in [0.2, 0.25) is 10.0 Å². The van der Waals surface area contributed by atoms with Gasteiger partial charge in [0, 0.05) is 27.7 Å². The lowest BCUT2D eigenvalue weighted by molar-refractivity contribution is 0.112. The van der Waals surface area contributed by atoms with Crippen LogP contribution >= 0.6 is 50.9 Å². The van der Waals surface area contributed by atoms with Gasteiger partial charge in [0.05, 0.1) is 26.6 Å². The van der Waals surface area contributed by atoms with Gasteiger partial charge in [0.25, 0.3) is 0 Å². The molecule has 1 atom stereocenters. The van der Waals surface area contributed by atoms with Crippen molar-refractivity contribution in [3.05, 3.63) is 56.6 Å². The van der Waals surface area contributed by atoms with Gasteiger partial charge in [0.1, 0.15) is 5.03 Å². The lowest BCUT2D eigenvalue weighted by Gasteiger charge is -2.33. The summed E-state index contributed by atoms with van der Waals surface area (Å²) in [6.07, 6.45) is 4.59. The number of likely N-dealkylation sites (tertiary alicyclic amines) is 1. The third-order valence-corrected chi connectivity index (χ3v) is 9.64. The summed E-state index contributed by atoms with van der Waals surface area (Å²) in [5.41, 5.74) is 2.39. The first-order chi connectivity index (χ1) is 19.2. The molecule has 206 valence electrons. The van der Waals surface area contributed by atoms with E-state index in [1.54, 1.807) is 22.9 Å². The number of hydrogen-bond donors (Lipinski definition) is 1. The van der Waals surface area contributed by atoms with Gasteiger partial charge in [0.2, 0.25) is 5.16 Å². The number of aldehydes is 1. The maximum atomic E-state index is 12.0. The Morgan fingerprint density at radius 3 is 2.50 bits per heavy atom. The molecule has 0 bridgehead atoms. The fraction of sp³-hybridized carbons (Fsp3) is 0.296. The number of hydrogen-bond acceptors (Lipinski definition) is 8. The van der Waals surface area contributed by atoms with Gasteiger partial charge in [-0.2, -0.15) is 0 Å². The topological polar surface area (TPSA) is 102 Å². The number of halogens is 3. The Morgan fingerprint density at radius 1 is 1.10 bits per heavy atom. The first kappa shape index (κ1) is 27.5. The van der Waals surface area contributed by atoms with E-state index in [-0.39, 0.29) is 12.1 Å². The summed E-state index contributed by atoms with van der Waals surface area (Å²) in [7, 11) is 2.12. The standard InChI is InChI=1S/C27H24BrCl2N7O2S/c1-14(15-5-7-35(2)8-6-15)37-26(39)33-34-27(37)40-25-24(31-21-10-19(29)20(30)11-22(21)32-25)36-12-16(13-38)18-4-3-17(28)9-23(18)36/h3-4,9-15H,5-8H2,1-2H3,(H,33,39). The normalized spacial score (nSPS) is 15.7. The molecule has 1 aliphatic heterocycles. The molecule has 4 heterocycles. The molecule has 1 N–H and O–H groups in total. The summed E-state index contributed by atoms with van der Waals surface area (Å²) in [5.74, 6) is 0.842. The van der Waals surface area contributed by atoms with Crippen LogP contribution in [0.25, 0.3) is 27.8 Å². The van der Waals surface area contributed by atoms with Crippen LogP contribution in [0.5, 0.6) is 6.01 Å². The minimum Gasteiger partial charge on any atom is -0.479 e. The molecule has 40 heavy (non-hydrogen) atoms. The summed E-state index contributed by atoms with van der Waals surface area (Å²) < 4.78 is 4.46. The molecular formula is C27H24BrCl2N7O2S. The van der Waals surface area contributed by atoms with Crippen molar-refractivity contribution in [2.24, 2.45) is 5.92 Å². The molecule has 0 radical (unpaired) electrons. The first-order valence-electron chi connectivity index (χ1n) is 12.7. The number of carbonyl (C=O) groups excluding carboxylic acids is 1. The minimum atomic E-state index is -0.141. The van der Waals surface area contributed by atoms with Crippen LogP contribution in [0, 0.1) is 5.92 Å². The Balaban J connectivity index is 1.51. The van der Waals surface area contributed by atoms with Gasteiger partial charge >= 0.3 is 6.01 Å². The van der Waals surface area contributed by atoms with E-state index in [0.717, 1.165) is 47.6 Å². The van der Waals surface area contributed by atoms with Crippen molar-refractivity contribution < 1.29 is 9.90 Å². The van der Waals surface area contributed by atoms with Gasteiger partial charge in [-0.25, -0.2) is 9.97 Å². The number of rotatable bonds is 6. The van der Waals surface area contributed by atoms with Crippen molar-refractivity contribution in [1.82, 2.24) is 34.2 Å². The van der Waals surface area contributed by atoms with E-state index < -0.39 is 0 Å². The van der Waals surface area contributed by atoms with Crippen LogP contribution < -0.4 is 0 Å². The van der Waals surface area contributed by atoms with Crippen LogP contribution in [-0.2, 0) is 0 Å². The van der Waals surface area contributed by atoms with E-state index in [1.165, 1.54) is 11.8 Å². The molecule has 5 aromatic rings. The van der Waals surface area contributed by atoms with Crippen LogP contribution in [-0.4, -0.2) is 65.7 Å². The molecular weight excluding hydrogens is 637 g/mol. The molecule has 2 aromatic carbocycles. The van der Waals surface area contributed by atoms with E-state index in [2.05, 4.69) is 45.0 Å². The zero-order valence-electron chi connectivity index (χ0n) is 21.6. The van der Waals surface area contributed by atoms with Gasteiger partial charge < -0.3 is 10.0 Å². The quantitative estimate of drug-likeness (QED) is 0.198. The highest BCUT2D eigenvalue weighted by molar-refractivity contribution is 9.10. The fourth-order valence-corrected chi connectivity index (χ4v) is 6.90. The van der Waals surface area contributed by atoms with Gasteiger partial charge in [-0.15, -0.1) is 5.10 Å². The van der Waals surface area contributed by atoms with Crippen LogP contribution in [0.4, 0.5) is 0 Å². The van der Waals surface area contributed by atoms with E-state index in [9.17, 15) is 9.90 Å². The average molecular weight is 661 g/mol. The summed E-state index contributed by atoms with van der Waals surface area (Å²) >= 11 is 17.4. The largest absolute Gasteiger partial charge is 0.479 e. The second-order valence-electron chi connectivity index (χ2n) is 9.98. The smallest absolute Gasteiger partial charge is 0.315 e. The van der Waals surface area contributed by atoms with Crippen molar-refractivity contribution in [3.63, 3.8) is 0 Å². The lowest BCUT2D eigenvalue weighted by atomic mass is 9.90. The SMILES string of the molecule is CC(C1CCN(C)CC1)n1c(O)nnc1Sc1nc2cc(Cl)c(Cl)cc2nc1-n1cc(C=O)c2ccc(Br)cc21. The molecule has 1 unspecified atom stereocenters. The van der Waals surface area contributed by atoms with E-state index in [1.807, 2.05) is 22.8 Å². The van der Waals surface area contributed by atoms with E-state index >= 15 is 0 Å². The molecule has 13 heteroatoms. The Labute approximate surface area is 252 Å². The summed E-state index contributed by atoms with van der Waals surface area (Å²) in [4.78, 5) is 24.1. The number of aromatic hydroxyl groups is 1. The number of fused-ring (bicyclic) bond motifs is 2.